The fraction of sp³-hybridized carbons (Fsp3) is 0.429. The average molecular weight is 893 g/mol. The summed E-state index contributed by atoms with van der Waals surface area (Å²) in [5, 5.41) is 0. The summed E-state index contributed by atoms with van der Waals surface area (Å²) in [6.45, 7) is 5.80. The van der Waals surface area contributed by atoms with Crippen LogP contribution in [0.4, 0.5) is 13.2 Å². The van der Waals surface area contributed by atoms with Crippen molar-refractivity contribution in [3.63, 3.8) is 0 Å². The van der Waals surface area contributed by atoms with E-state index in [2.05, 4.69) is 13.8 Å². The van der Waals surface area contributed by atoms with Crippen LogP contribution in [0.5, 0.6) is 23.0 Å². The summed E-state index contributed by atoms with van der Waals surface area (Å²) in [6.07, 6.45) is 25.3. The summed E-state index contributed by atoms with van der Waals surface area (Å²) in [4.78, 5) is 26.0. The molecule has 0 aliphatic rings. The van der Waals surface area contributed by atoms with Crippen LogP contribution in [0.25, 0.3) is 22.3 Å². The number of esters is 2. The molecule has 5 aromatic carbocycles. The molecule has 5 aromatic rings. The van der Waals surface area contributed by atoms with E-state index in [1.165, 1.54) is 127 Å². The first kappa shape index (κ1) is 50.4. The van der Waals surface area contributed by atoms with Crippen LogP contribution in [-0.2, 0) is 0 Å². The predicted molar refractivity (Wildman–Crippen MR) is 255 cm³/mol. The summed E-state index contributed by atoms with van der Waals surface area (Å²) in [6, 6.07) is 28.6. The molecule has 0 unspecified atom stereocenters. The highest BCUT2D eigenvalue weighted by Crippen LogP contribution is 2.33. The van der Waals surface area contributed by atoms with E-state index in [4.69, 9.17) is 18.9 Å². The zero-order chi connectivity index (χ0) is 46.1. The first-order valence-corrected chi connectivity index (χ1v) is 24.1. The van der Waals surface area contributed by atoms with E-state index in [0.29, 0.717) is 19.3 Å². The van der Waals surface area contributed by atoms with Gasteiger partial charge in [-0.2, -0.15) is 8.78 Å². The number of rotatable bonds is 30. The number of hydrogen-bond acceptors (Lipinski definition) is 6. The Morgan fingerprint density at radius 1 is 0.369 bits per heavy atom. The summed E-state index contributed by atoms with van der Waals surface area (Å²) in [5.74, 6) is -7.75. The van der Waals surface area contributed by atoms with Crippen LogP contribution in [0.2, 0.25) is 0 Å². The number of benzene rings is 5. The maximum absolute atomic E-state index is 14.8. The van der Waals surface area contributed by atoms with Gasteiger partial charge in [-0.25, -0.2) is 14.0 Å². The molecule has 0 bridgehead atoms. The number of unbranched alkanes of at least 4 members (excludes halogenated alkanes) is 18. The molecule has 0 aliphatic heterocycles. The maximum Gasteiger partial charge on any atom is 0.343 e. The third kappa shape index (κ3) is 17.1. The molecule has 0 aromatic heterocycles. The standard InChI is InChI=1S/C56H67F3O6/c1-3-5-7-9-11-13-15-17-19-21-39-62-48-35-31-44(32-36-48)42-23-27-46(28-24-42)55(60)64-50-41-51(53(58)54(59)52(50)57)65-56(61)47-29-25-43(26-30-47)45-33-37-49(38-34-45)63-40-22-20-18-16-14-12-10-8-6-4-2/h23-38,41H,3-22,39-40H2,1-2H3. The third-order valence-corrected chi connectivity index (χ3v) is 11.6. The SMILES string of the molecule is CCCCCCCCCCCCOc1ccc(-c2ccc(C(=O)Oc3cc(OC(=O)c4ccc(-c5ccc(OCCCCCCCCCCCC)cc5)cc4)c(F)c(F)c3F)cc2)cc1. The van der Waals surface area contributed by atoms with Gasteiger partial charge in [-0.1, -0.05) is 178 Å². The van der Waals surface area contributed by atoms with Gasteiger partial charge in [-0.3, -0.25) is 0 Å². The van der Waals surface area contributed by atoms with Crippen molar-refractivity contribution in [2.24, 2.45) is 0 Å². The van der Waals surface area contributed by atoms with E-state index in [1.54, 1.807) is 24.3 Å². The van der Waals surface area contributed by atoms with Crippen LogP contribution >= 0.6 is 0 Å². The van der Waals surface area contributed by atoms with E-state index in [1.807, 2.05) is 48.5 Å². The second-order valence-corrected chi connectivity index (χ2v) is 16.9. The van der Waals surface area contributed by atoms with Crippen LogP contribution in [0.15, 0.2) is 103 Å². The van der Waals surface area contributed by atoms with E-state index in [0.717, 1.165) is 59.4 Å². The molecule has 0 saturated heterocycles. The summed E-state index contributed by atoms with van der Waals surface area (Å²) >= 11 is 0. The number of carbonyl (C=O) groups excluding carboxylic acids is 2. The van der Waals surface area contributed by atoms with Gasteiger partial charge in [0.2, 0.25) is 17.5 Å². The minimum absolute atomic E-state index is 0.0412. The van der Waals surface area contributed by atoms with Crippen LogP contribution in [0.3, 0.4) is 0 Å². The first-order valence-electron chi connectivity index (χ1n) is 24.1. The molecule has 5 rings (SSSR count). The minimum Gasteiger partial charge on any atom is -0.494 e. The van der Waals surface area contributed by atoms with E-state index in [9.17, 15) is 22.8 Å². The van der Waals surface area contributed by atoms with Gasteiger partial charge in [0.25, 0.3) is 0 Å². The molecular weight excluding hydrogens is 826 g/mol. The Balaban J connectivity index is 1.05. The summed E-state index contributed by atoms with van der Waals surface area (Å²) in [7, 11) is 0. The molecule has 0 atom stereocenters. The van der Waals surface area contributed by atoms with Crippen molar-refractivity contribution >= 4 is 11.9 Å². The van der Waals surface area contributed by atoms with Gasteiger partial charge in [0.15, 0.2) is 11.5 Å². The molecule has 0 radical (unpaired) electrons. The lowest BCUT2D eigenvalue weighted by Gasteiger charge is -2.12. The topological polar surface area (TPSA) is 71.1 Å². The van der Waals surface area contributed by atoms with Crippen molar-refractivity contribution in [3.8, 4) is 45.3 Å². The molecule has 65 heavy (non-hydrogen) atoms. The predicted octanol–water partition coefficient (Wildman–Crippen LogP) is 16.5. The Kier molecular flexibility index (Phi) is 22.0. The zero-order valence-corrected chi connectivity index (χ0v) is 38.5. The molecule has 0 N–H and O–H groups in total. The van der Waals surface area contributed by atoms with Crippen molar-refractivity contribution < 1.29 is 41.7 Å². The fourth-order valence-corrected chi connectivity index (χ4v) is 7.67. The highest BCUT2D eigenvalue weighted by atomic mass is 19.2. The molecule has 0 fully saturated rings. The lowest BCUT2D eigenvalue weighted by atomic mass is 10.0. The smallest absolute Gasteiger partial charge is 0.343 e. The van der Waals surface area contributed by atoms with Gasteiger partial charge < -0.3 is 18.9 Å². The Morgan fingerprint density at radius 3 is 0.954 bits per heavy atom. The second-order valence-electron chi connectivity index (χ2n) is 16.9. The molecule has 0 amide bonds. The van der Waals surface area contributed by atoms with E-state index in [-0.39, 0.29) is 11.1 Å². The molecule has 9 heteroatoms. The quantitative estimate of drug-likeness (QED) is 0.0198. The summed E-state index contributed by atoms with van der Waals surface area (Å²) < 4.78 is 66.6. The number of carbonyl (C=O) groups is 2. The lowest BCUT2D eigenvalue weighted by Crippen LogP contribution is -2.13. The maximum atomic E-state index is 14.8. The van der Waals surface area contributed by atoms with Gasteiger partial charge in [0.1, 0.15) is 11.5 Å². The lowest BCUT2D eigenvalue weighted by molar-refractivity contribution is 0.0719. The Bertz CT molecular complexity index is 2000. The van der Waals surface area contributed by atoms with E-state index >= 15 is 0 Å². The molecule has 0 saturated carbocycles. The highest BCUT2D eigenvalue weighted by Gasteiger charge is 2.25. The van der Waals surface area contributed by atoms with Crippen molar-refractivity contribution in [1.82, 2.24) is 0 Å². The van der Waals surface area contributed by atoms with Crippen molar-refractivity contribution in [1.29, 1.82) is 0 Å². The zero-order valence-electron chi connectivity index (χ0n) is 38.5. The normalized spacial score (nSPS) is 11.1. The van der Waals surface area contributed by atoms with Crippen LogP contribution < -0.4 is 18.9 Å². The minimum atomic E-state index is -1.95. The van der Waals surface area contributed by atoms with Gasteiger partial charge in [0.05, 0.1) is 24.3 Å². The Morgan fingerprint density at radius 2 is 0.646 bits per heavy atom. The van der Waals surface area contributed by atoms with Crippen LogP contribution in [-0.4, -0.2) is 25.2 Å². The average Bonchev–Trinajstić information content (AvgIpc) is 3.33. The molecular formula is C56H67F3O6. The second kappa shape index (κ2) is 28.4. The summed E-state index contributed by atoms with van der Waals surface area (Å²) in [5.41, 5.74) is 3.47. The van der Waals surface area contributed by atoms with Gasteiger partial charge in [0, 0.05) is 6.07 Å². The molecule has 0 heterocycles. The Labute approximate surface area is 384 Å². The molecule has 348 valence electrons. The van der Waals surface area contributed by atoms with Crippen molar-refractivity contribution in [2.45, 2.75) is 142 Å². The number of hydrogen-bond donors (Lipinski definition) is 0. The van der Waals surface area contributed by atoms with Gasteiger partial charge in [-0.15, -0.1) is 0 Å². The van der Waals surface area contributed by atoms with Gasteiger partial charge >= 0.3 is 11.9 Å². The Hall–Kier alpha value is -5.57. The van der Waals surface area contributed by atoms with Gasteiger partial charge in [-0.05, 0) is 83.6 Å². The van der Waals surface area contributed by atoms with Crippen LogP contribution in [0, 0.1) is 17.5 Å². The number of halogens is 3. The molecule has 0 aliphatic carbocycles. The largest absolute Gasteiger partial charge is 0.494 e. The molecule has 0 spiro atoms. The third-order valence-electron chi connectivity index (χ3n) is 11.6. The van der Waals surface area contributed by atoms with Crippen molar-refractivity contribution in [2.75, 3.05) is 13.2 Å². The first-order chi connectivity index (χ1) is 31.8. The van der Waals surface area contributed by atoms with Crippen LogP contribution in [0.1, 0.15) is 163 Å². The fourth-order valence-electron chi connectivity index (χ4n) is 7.67. The van der Waals surface area contributed by atoms with Crippen molar-refractivity contribution in [3.05, 3.63) is 132 Å². The van der Waals surface area contributed by atoms with E-state index < -0.39 is 40.9 Å². The number of ether oxygens (including phenoxy) is 4. The molecule has 6 nitrogen and oxygen atoms in total. The highest BCUT2D eigenvalue weighted by molar-refractivity contribution is 5.93. The monoisotopic (exact) mass is 892 g/mol.